The van der Waals surface area contributed by atoms with Crippen LogP contribution in [0.4, 0.5) is 11.4 Å². The molecule has 0 spiro atoms. The van der Waals surface area contributed by atoms with Crippen LogP contribution >= 0.6 is 0 Å². The van der Waals surface area contributed by atoms with Crippen molar-refractivity contribution in [2.45, 2.75) is 26.3 Å². The van der Waals surface area contributed by atoms with Gasteiger partial charge in [-0.15, -0.1) is 0 Å². The zero-order chi connectivity index (χ0) is 28.0. The number of ketones is 1. The van der Waals surface area contributed by atoms with Crippen molar-refractivity contribution in [3.63, 3.8) is 0 Å². The van der Waals surface area contributed by atoms with Crippen molar-refractivity contribution in [3.05, 3.63) is 55.0 Å². The summed E-state index contributed by atoms with van der Waals surface area (Å²) in [5.74, 6) is 1.32. The number of rotatable bonds is 13. The van der Waals surface area contributed by atoms with Gasteiger partial charge in [-0.05, 0) is 24.6 Å². The number of carbonyl (C=O) groups is 1. The molecule has 0 unspecified atom stereocenters. The normalized spacial score (nSPS) is 11.5. The molecule has 11 nitrogen and oxygen atoms in total. The Labute approximate surface area is 227 Å². The Balaban J connectivity index is 1.69. The quantitative estimate of drug-likeness (QED) is 0.177. The van der Waals surface area contributed by atoms with Gasteiger partial charge in [0.15, 0.2) is 5.78 Å². The Hall–Kier alpha value is -4.03. The maximum Gasteiger partial charge on any atom is 0.264 e. The van der Waals surface area contributed by atoms with Gasteiger partial charge in [-0.1, -0.05) is 6.92 Å². The van der Waals surface area contributed by atoms with Gasteiger partial charge >= 0.3 is 0 Å². The fourth-order valence-corrected chi connectivity index (χ4v) is 4.39. The van der Waals surface area contributed by atoms with E-state index in [-0.39, 0.29) is 18.9 Å². The van der Waals surface area contributed by atoms with Crippen molar-refractivity contribution in [3.8, 4) is 22.8 Å². The highest BCUT2D eigenvalue weighted by atomic mass is 32.2. The molecule has 0 aliphatic rings. The molecular formula is C27H31N5O6S. The van der Waals surface area contributed by atoms with E-state index in [0.717, 1.165) is 23.2 Å². The molecule has 0 aliphatic carbocycles. The molecule has 0 bridgehead atoms. The molecule has 0 atom stereocenters. The van der Waals surface area contributed by atoms with E-state index in [1.165, 1.54) is 0 Å². The number of benzene rings is 2. The van der Waals surface area contributed by atoms with E-state index in [2.05, 4.69) is 10.1 Å². The number of ether oxygens (including phenoxy) is 2. The molecule has 0 amide bonds. The molecule has 0 saturated heterocycles. The Kier molecular flexibility index (Phi) is 8.77. The summed E-state index contributed by atoms with van der Waals surface area (Å²) in [5, 5.41) is 4.28. The summed E-state index contributed by atoms with van der Waals surface area (Å²) in [7, 11) is -0.382. The first-order valence-electron chi connectivity index (χ1n) is 12.4. The first kappa shape index (κ1) is 28.0. The minimum atomic E-state index is -3.54. The molecule has 0 aliphatic heterocycles. The first-order valence-corrected chi connectivity index (χ1v) is 14.2. The van der Waals surface area contributed by atoms with Crippen LogP contribution in [0.25, 0.3) is 22.3 Å². The number of hydrogen-bond acceptors (Lipinski definition) is 10. The summed E-state index contributed by atoms with van der Waals surface area (Å²) >= 11 is 0. The van der Waals surface area contributed by atoms with E-state index in [9.17, 15) is 13.2 Å². The summed E-state index contributed by atoms with van der Waals surface area (Å²) in [4.78, 5) is 23.2. The third-order valence-corrected chi connectivity index (χ3v) is 6.57. The largest absolute Gasteiger partial charge is 0.497 e. The number of hydrogen-bond donors (Lipinski definition) is 0. The van der Waals surface area contributed by atoms with Gasteiger partial charge in [0.25, 0.3) is 10.1 Å². The fourth-order valence-electron chi connectivity index (χ4n) is 3.97. The highest BCUT2D eigenvalue weighted by molar-refractivity contribution is 7.85. The molecule has 2 aromatic carbocycles. The number of anilines is 2. The smallest absolute Gasteiger partial charge is 0.264 e. The van der Waals surface area contributed by atoms with Crippen molar-refractivity contribution < 1.29 is 26.9 Å². The van der Waals surface area contributed by atoms with Crippen molar-refractivity contribution in [2.24, 2.45) is 0 Å². The van der Waals surface area contributed by atoms with Crippen LogP contribution < -0.4 is 14.4 Å². The van der Waals surface area contributed by atoms with E-state index in [1.54, 1.807) is 43.6 Å². The second-order valence-electron chi connectivity index (χ2n) is 8.85. The van der Waals surface area contributed by atoms with Gasteiger partial charge in [0.05, 0.1) is 62.7 Å². The summed E-state index contributed by atoms with van der Waals surface area (Å²) in [6.45, 7) is 2.52. The third-order valence-electron chi connectivity index (χ3n) is 5.97. The second kappa shape index (κ2) is 12.2. The Morgan fingerprint density at radius 2 is 1.74 bits per heavy atom. The number of fused-ring (bicyclic) bond motifs is 1. The Morgan fingerprint density at radius 3 is 2.41 bits per heavy atom. The minimum Gasteiger partial charge on any atom is -0.497 e. The van der Waals surface area contributed by atoms with Crippen LogP contribution in [0.15, 0.2) is 55.0 Å². The average Bonchev–Trinajstić information content (AvgIpc) is 3.39. The van der Waals surface area contributed by atoms with Crippen LogP contribution in [0.1, 0.15) is 19.8 Å². The van der Waals surface area contributed by atoms with Crippen molar-refractivity contribution in [2.75, 3.05) is 38.5 Å². The molecule has 4 rings (SSSR count). The average molecular weight is 554 g/mol. The topological polar surface area (TPSA) is 126 Å². The van der Waals surface area contributed by atoms with E-state index < -0.39 is 10.1 Å². The maximum absolute atomic E-state index is 11.8. The highest BCUT2D eigenvalue weighted by Gasteiger charge is 2.15. The predicted octanol–water partition coefficient (Wildman–Crippen LogP) is 3.99. The first-order chi connectivity index (χ1) is 18.7. The number of aromatic nitrogens is 4. The molecule has 0 radical (unpaired) electrons. The number of nitrogens with zero attached hydrogens (tertiary/aromatic N) is 5. The van der Waals surface area contributed by atoms with Gasteiger partial charge in [0.1, 0.15) is 11.5 Å². The minimum absolute atomic E-state index is 0.0402. The van der Waals surface area contributed by atoms with Gasteiger partial charge in [-0.25, -0.2) is 4.98 Å². The lowest BCUT2D eigenvalue weighted by Crippen LogP contribution is -2.20. The highest BCUT2D eigenvalue weighted by Crippen LogP contribution is 2.34. The summed E-state index contributed by atoms with van der Waals surface area (Å²) in [6.07, 6.45) is 7.04. The van der Waals surface area contributed by atoms with Crippen molar-refractivity contribution >= 4 is 38.3 Å². The summed E-state index contributed by atoms with van der Waals surface area (Å²) in [6, 6.07) is 11.2. The predicted molar refractivity (Wildman–Crippen MR) is 148 cm³/mol. The molecule has 12 heteroatoms. The zero-order valence-electron chi connectivity index (χ0n) is 22.3. The van der Waals surface area contributed by atoms with Crippen molar-refractivity contribution in [1.29, 1.82) is 0 Å². The van der Waals surface area contributed by atoms with E-state index in [4.69, 9.17) is 18.6 Å². The summed E-state index contributed by atoms with van der Waals surface area (Å²) < 4.78 is 40.4. The lowest BCUT2D eigenvalue weighted by molar-refractivity contribution is -0.119. The molecule has 206 valence electrons. The standard InChI is InChI=1S/C27H31N5O6S/c1-5-22(33)18-31-17-19(15-29-31)27-16-28-25-8-7-20(13-26(25)30-27)32(9-6-10-38-39(4,34)35)21-11-23(36-2)14-24(12-21)37-3/h7-8,11-17H,5-6,9-10,18H2,1-4H3. The Bertz CT molecular complexity index is 1550. The monoisotopic (exact) mass is 553 g/mol. The van der Waals surface area contributed by atoms with Crippen LogP contribution in [-0.4, -0.2) is 67.6 Å². The lowest BCUT2D eigenvalue weighted by atomic mass is 10.1. The second-order valence-corrected chi connectivity index (χ2v) is 10.5. The molecule has 2 heterocycles. The number of Topliss-reactive ketones (excluding diaryl/α,β-unsaturated/α-hetero) is 1. The van der Waals surface area contributed by atoms with Gasteiger partial charge in [0, 0.05) is 54.3 Å². The fraction of sp³-hybridized carbons (Fsp3) is 0.333. The summed E-state index contributed by atoms with van der Waals surface area (Å²) in [5.41, 5.74) is 4.36. The Morgan fingerprint density at radius 1 is 1.00 bits per heavy atom. The van der Waals surface area contributed by atoms with Gasteiger partial charge in [0.2, 0.25) is 0 Å². The van der Waals surface area contributed by atoms with Gasteiger partial charge in [-0.2, -0.15) is 13.5 Å². The van der Waals surface area contributed by atoms with Crippen molar-refractivity contribution in [1.82, 2.24) is 19.7 Å². The molecule has 0 N–H and O–H groups in total. The van der Waals surface area contributed by atoms with E-state index in [1.807, 2.05) is 42.2 Å². The number of methoxy groups -OCH3 is 2. The van der Waals surface area contributed by atoms with Gasteiger partial charge < -0.3 is 14.4 Å². The molecule has 39 heavy (non-hydrogen) atoms. The lowest BCUT2D eigenvalue weighted by Gasteiger charge is -2.26. The van der Waals surface area contributed by atoms with Crippen LogP contribution in [0.5, 0.6) is 11.5 Å². The zero-order valence-corrected chi connectivity index (χ0v) is 23.1. The van der Waals surface area contributed by atoms with Crippen LogP contribution in [0, 0.1) is 0 Å². The number of carbonyl (C=O) groups excluding carboxylic acids is 1. The molecular weight excluding hydrogens is 522 g/mol. The van der Waals surface area contributed by atoms with Crippen LogP contribution in [0.3, 0.4) is 0 Å². The van der Waals surface area contributed by atoms with E-state index in [0.29, 0.717) is 47.6 Å². The molecule has 0 saturated carbocycles. The SMILES string of the molecule is CCC(=O)Cn1cc(-c2cnc3ccc(N(CCCOS(C)(=O)=O)c4cc(OC)cc(OC)c4)cc3n2)cn1. The third kappa shape index (κ3) is 7.30. The van der Waals surface area contributed by atoms with Gasteiger partial charge in [-0.3, -0.25) is 18.6 Å². The van der Waals surface area contributed by atoms with Crippen LogP contribution in [0.2, 0.25) is 0 Å². The van der Waals surface area contributed by atoms with E-state index >= 15 is 0 Å². The maximum atomic E-state index is 11.8. The molecule has 4 aromatic rings. The van der Waals surface area contributed by atoms with Crippen LogP contribution in [-0.2, 0) is 25.6 Å². The molecule has 0 fully saturated rings. The molecule has 2 aromatic heterocycles.